The van der Waals surface area contributed by atoms with Crippen LogP contribution >= 0.6 is 0 Å². The molecular formula is C22H26N2O2. The van der Waals surface area contributed by atoms with Crippen LogP contribution in [0.5, 0.6) is 0 Å². The first-order chi connectivity index (χ1) is 12.4. The Hall–Kier alpha value is -2.62. The van der Waals surface area contributed by atoms with Gasteiger partial charge < -0.3 is 10.2 Å². The van der Waals surface area contributed by atoms with Gasteiger partial charge in [-0.3, -0.25) is 9.59 Å². The zero-order valence-electron chi connectivity index (χ0n) is 15.7. The second-order valence-corrected chi connectivity index (χ2v) is 7.47. The minimum absolute atomic E-state index is 0.0660. The molecule has 1 N–H and O–H groups in total. The zero-order valence-corrected chi connectivity index (χ0v) is 15.7. The number of fused-ring (bicyclic) bond motifs is 1. The molecule has 3 rings (SSSR count). The van der Waals surface area contributed by atoms with Crippen LogP contribution in [0.4, 0.5) is 5.69 Å². The Morgan fingerprint density at radius 3 is 2.46 bits per heavy atom. The smallest absolute Gasteiger partial charge is 0.242 e. The van der Waals surface area contributed by atoms with E-state index in [-0.39, 0.29) is 17.9 Å². The molecule has 1 aliphatic heterocycles. The van der Waals surface area contributed by atoms with E-state index in [1.807, 2.05) is 61.5 Å². The van der Waals surface area contributed by atoms with Crippen molar-refractivity contribution >= 4 is 17.5 Å². The third-order valence-corrected chi connectivity index (χ3v) is 5.07. The molecule has 0 radical (unpaired) electrons. The third kappa shape index (κ3) is 3.50. The molecule has 1 heterocycles. The molecule has 0 saturated carbocycles. The van der Waals surface area contributed by atoms with E-state index < -0.39 is 5.41 Å². The molecule has 1 unspecified atom stereocenters. The van der Waals surface area contributed by atoms with Gasteiger partial charge in [-0.1, -0.05) is 48.5 Å². The Bertz CT molecular complexity index is 799. The Morgan fingerprint density at radius 1 is 1.08 bits per heavy atom. The van der Waals surface area contributed by atoms with Gasteiger partial charge in [-0.2, -0.15) is 0 Å². The van der Waals surface area contributed by atoms with E-state index in [9.17, 15) is 9.59 Å². The summed E-state index contributed by atoms with van der Waals surface area (Å²) < 4.78 is 0. The molecule has 1 atom stereocenters. The largest absolute Gasteiger partial charge is 0.355 e. The fourth-order valence-corrected chi connectivity index (χ4v) is 3.46. The van der Waals surface area contributed by atoms with Crippen molar-refractivity contribution in [2.45, 2.75) is 39.7 Å². The van der Waals surface area contributed by atoms with E-state index in [2.05, 4.69) is 5.32 Å². The Balaban J connectivity index is 1.67. The van der Waals surface area contributed by atoms with Gasteiger partial charge in [0, 0.05) is 18.3 Å². The second kappa shape index (κ2) is 7.32. The maximum atomic E-state index is 13.2. The van der Waals surface area contributed by atoms with E-state index in [0.29, 0.717) is 6.54 Å². The molecule has 0 aliphatic carbocycles. The molecule has 2 amide bonds. The number of nitrogens with one attached hydrogen (secondary N) is 1. The maximum Gasteiger partial charge on any atom is 0.242 e. The summed E-state index contributed by atoms with van der Waals surface area (Å²) in [6.45, 7) is 5.97. The highest BCUT2D eigenvalue weighted by Crippen LogP contribution is 2.35. The van der Waals surface area contributed by atoms with Crippen LogP contribution in [0.25, 0.3) is 0 Å². The normalized spacial score (nSPS) is 16.3. The molecular weight excluding hydrogens is 324 g/mol. The predicted octanol–water partition coefficient (Wildman–Crippen LogP) is 3.35. The van der Waals surface area contributed by atoms with Crippen LogP contribution in [-0.4, -0.2) is 24.4 Å². The van der Waals surface area contributed by atoms with E-state index in [4.69, 9.17) is 0 Å². The first kappa shape index (κ1) is 18.2. The van der Waals surface area contributed by atoms with Crippen molar-refractivity contribution in [2.24, 2.45) is 5.41 Å². The van der Waals surface area contributed by atoms with Crippen LogP contribution in [-0.2, 0) is 22.4 Å². The van der Waals surface area contributed by atoms with Crippen molar-refractivity contribution in [3.63, 3.8) is 0 Å². The molecule has 0 bridgehead atoms. The minimum Gasteiger partial charge on any atom is -0.355 e. The van der Waals surface area contributed by atoms with Crippen LogP contribution in [0, 0.1) is 5.41 Å². The van der Waals surface area contributed by atoms with Gasteiger partial charge in [-0.15, -0.1) is 0 Å². The highest BCUT2D eigenvalue weighted by Gasteiger charge is 2.43. The lowest BCUT2D eigenvalue weighted by Gasteiger charge is -2.31. The fourth-order valence-electron chi connectivity index (χ4n) is 3.46. The van der Waals surface area contributed by atoms with Crippen LogP contribution in [0.1, 0.15) is 31.9 Å². The molecule has 4 nitrogen and oxygen atoms in total. The van der Waals surface area contributed by atoms with Gasteiger partial charge in [0.25, 0.3) is 0 Å². The molecule has 0 spiro atoms. The lowest BCUT2D eigenvalue weighted by molar-refractivity contribution is -0.139. The Morgan fingerprint density at radius 2 is 1.73 bits per heavy atom. The molecule has 1 aliphatic rings. The SMILES string of the molecule is CC1Cc2ccccc2N1C(=O)C(C)(C)C(=O)NCCc1ccccc1. The number of hydrogen-bond donors (Lipinski definition) is 1. The van der Waals surface area contributed by atoms with Gasteiger partial charge in [0.15, 0.2) is 0 Å². The monoisotopic (exact) mass is 350 g/mol. The van der Waals surface area contributed by atoms with Crippen molar-refractivity contribution in [2.75, 3.05) is 11.4 Å². The zero-order chi connectivity index (χ0) is 18.7. The summed E-state index contributed by atoms with van der Waals surface area (Å²) in [7, 11) is 0. The average Bonchev–Trinajstić information content (AvgIpc) is 2.97. The standard InChI is InChI=1S/C22H26N2O2/c1-16-15-18-11-7-8-12-19(18)24(16)21(26)22(2,3)20(25)23-14-13-17-9-5-4-6-10-17/h4-12,16H,13-15H2,1-3H3,(H,23,25). The molecule has 26 heavy (non-hydrogen) atoms. The molecule has 0 fully saturated rings. The van der Waals surface area contributed by atoms with Gasteiger partial charge in [-0.25, -0.2) is 0 Å². The number of nitrogens with zero attached hydrogens (tertiary/aromatic N) is 1. The summed E-state index contributed by atoms with van der Waals surface area (Å²) in [5.74, 6) is -0.373. The summed E-state index contributed by atoms with van der Waals surface area (Å²) in [5.41, 5.74) is 2.14. The quantitative estimate of drug-likeness (QED) is 0.841. The lowest BCUT2D eigenvalue weighted by Crippen LogP contribution is -2.51. The number of carbonyl (C=O) groups is 2. The number of carbonyl (C=O) groups excluding carboxylic acids is 2. The van der Waals surface area contributed by atoms with Crippen LogP contribution in [0.15, 0.2) is 54.6 Å². The van der Waals surface area contributed by atoms with Gasteiger partial charge in [-0.05, 0) is 50.8 Å². The minimum atomic E-state index is -1.11. The van der Waals surface area contributed by atoms with Crippen molar-refractivity contribution in [1.29, 1.82) is 0 Å². The summed E-state index contributed by atoms with van der Waals surface area (Å²) in [4.78, 5) is 27.7. The first-order valence-corrected chi connectivity index (χ1v) is 9.15. The van der Waals surface area contributed by atoms with E-state index in [1.54, 1.807) is 18.7 Å². The van der Waals surface area contributed by atoms with Crippen molar-refractivity contribution in [3.8, 4) is 0 Å². The highest BCUT2D eigenvalue weighted by atomic mass is 16.2. The molecule has 4 heteroatoms. The number of anilines is 1. The summed E-state index contributed by atoms with van der Waals surface area (Å²) >= 11 is 0. The molecule has 0 saturated heterocycles. The van der Waals surface area contributed by atoms with E-state index in [1.165, 1.54) is 5.56 Å². The Kier molecular flexibility index (Phi) is 5.12. The predicted molar refractivity (Wildman–Crippen MR) is 104 cm³/mol. The van der Waals surface area contributed by atoms with Gasteiger partial charge >= 0.3 is 0 Å². The van der Waals surface area contributed by atoms with Crippen molar-refractivity contribution < 1.29 is 9.59 Å². The average molecular weight is 350 g/mol. The number of amides is 2. The van der Waals surface area contributed by atoms with Crippen LogP contribution in [0.3, 0.4) is 0 Å². The summed E-state index contributed by atoms with van der Waals surface area (Å²) in [6, 6.07) is 18.0. The number of para-hydroxylation sites is 1. The lowest BCUT2D eigenvalue weighted by atomic mass is 9.89. The number of benzene rings is 2. The summed E-state index contributed by atoms with van der Waals surface area (Å²) in [6.07, 6.45) is 1.58. The van der Waals surface area contributed by atoms with Crippen LogP contribution < -0.4 is 10.2 Å². The fraction of sp³-hybridized carbons (Fsp3) is 0.364. The maximum absolute atomic E-state index is 13.2. The van der Waals surface area contributed by atoms with E-state index >= 15 is 0 Å². The van der Waals surface area contributed by atoms with Gasteiger partial charge in [0.05, 0.1) is 0 Å². The Labute approximate surface area is 155 Å². The highest BCUT2D eigenvalue weighted by molar-refractivity contribution is 6.12. The second-order valence-electron chi connectivity index (χ2n) is 7.47. The molecule has 2 aromatic rings. The van der Waals surface area contributed by atoms with Gasteiger partial charge in [0.1, 0.15) is 5.41 Å². The molecule has 2 aromatic carbocycles. The first-order valence-electron chi connectivity index (χ1n) is 9.15. The number of hydrogen-bond acceptors (Lipinski definition) is 2. The van der Waals surface area contributed by atoms with E-state index in [0.717, 1.165) is 24.1 Å². The van der Waals surface area contributed by atoms with Crippen LogP contribution in [0.2, 0.25) is 0 Å². The topological polar surface area (TPSA) is 49.4 Å². The van der Waals surface area contributed by atoms with Gasteiger partial charge in [0.2, 0.25) is 11.8 Å². The molecule has 0 aromatic heterocycles. The molecule has 136 valence electrons. The van der Waals surface area contributed by atoms with Crippen molar-refractivity contribution in [1.82, 2.24) is 5.32 Å². The number of rotatable bonds is 5. The third-order valence-electron chi connectivity index (χ3n) is 5.07. The van der Waals surface area contributed by atoms with Crippen molar-refractivity contribution in [3.05, 3.63) is 65.7 Å². The summed E-state index contributed by atoms with van der Waals surface area (Å²) in [5, 5.41) is 2.93.